The molecule has 4 rings (SSSR count). The van der Waals surface area contributed by atoms with Gasteiger partial charge in [0.25, 0.3) is 11.8 Å². The third-order valence-corrected chi connectivity index (χ3v) is 6.19. The quantitative estimate of drug-likeness (QED) is 0.762. The molecule has 6 nitrogen and oxygen atoms in total. The van der Waals surface area contributed by atoms with Crippen molar-refractivity contribution in [3.8, 4) is 5.75 Å². The summed E-state index contributed by atoms with van der Waals surface area (Å²) in [6.45, 7) is 3.66. The van der Waals surface area contributed by atoms with Crippen molar-refractivity contribution in [1.82, 2.24) is 4.90 Å². The minimum atomic E-state index is -0.245. The molecule has 2 aromatic carbocycles. The van der Waals surface area contributed by atoms with Gasteiger partial charge >= 0.3 is 0 Å². The van der Waals surface area contributed by atoms with Crippen LogP contribution in [0.5, 0.6) is 5.75 Å². The van der Waals surface area contributed by atoms with Crippen LogP contribution in [0.2, 0.25) is 5.02 Å². The van der Waals surface area contributed by atoms with Gasteiger partial charge in [-0.1, -0.05) is 18.0 Å². The van der Waals surface area contributed by atoms with Crippen molar-refractivity contribution in [3.63, 3.8) is 0 Å². The SMILES string of the molecule is CCN1c2cc(C(=O)Nc3ccc(OC)c(Cl)c3)ccc2C(=O)N2CCCCCC21. The highest BCUT2D eigenvalue weighted by Gasteiger charge is 2.37. The molecule has 1 atom stereocenters. The second-order valence-electron chi connectivity index (χ2n) is 7.65. The zero-order valence-corrected chi connectivity index (χ0v) is 18.0. The summed E-state index contributed by atoms with van der Waals surface area (Å²) < 4.78 is 5.15. The highest BCUT2D eigenvalue weighted by Crippen LogP contribution is 2.35. The number of rotatable bonds is 4. The standard InChI is InChI=1S/C23H26ClN3O3/c1-3-26-19-13-15(22(28)25-16-9-11-20(30-2)18(24)14-16)8-10-17(19)23(29)27-12-6-4-5-7-21(26)27/h8-11,13-14,21H,3-7,12H2,1-2H3,(H,25,28). The average molecular weight is 428 g/mol. The van der Waals surface area contributed by atoms with Crippen molar-refractivity contribution < 1.29 is 14.3 Å². The Bertz CT molecular complexity index is 978. The van der Waals surface area contributed by atoms with Crippen LogP contribution in [0.15, 0.2) is 36.4 Å². The first kappa shape index (κ1) is 20.5. The number of nitrogens with zero attached hydrogens (tertiary/aromatic N) is 2. The number of benzene rings is 2. The smallest absolute Gasteiger partial charge is 0.257 e. The molecule has 2 aromatic rings. The largest absolute Gasteiger partial charge is 0.495 e. The van der Waals surface area contributed by atoms with Gasteiger partial charge in [0.15, 0.2) is 0 Å². The lowest BCUT2D eigenvalue weighted by Crippen LogP contribution is -2.55. The Morgan fingerprint density at radius 2 is 2.03 bits per heavy atom. The maximum absolute atomic E-state index is 13.1. The van der Waals surface area contributed by atoms with Crippen molar-refractivity contribution in [2.45, 2.75) is 38.8 Å². The number of hydrogen-bond acceptors (Lipinski definition) is 4. The Labute approximate surface area is 181 Å². The lowest BCUT2D eigenvalue weighted by molar-refractivity contribution is 0.0656. The van der Waals surface area contributed by atoms with Crippen LogP contribution < -0.4 is 15.0 Å². The van der Waals surface area contributed by atoms with Crippen molar-refractivity contribution in [2.75, 3.05) is 30.4 Å². The summed E-state index contributed by atoms with van der Waals surface area (Å²) in [5, 5.41) is 3.30. The highest BCUT2D eigenvalue weighted by atomic mass is 35.5. The Hall–Kier alpha value is -2.73. The molecule has 1 saturated heterocycles. The first-order valence-electron chi connectivity index (χ1n) is 10.4. The number of anilines is 2. The number of halogens is 1. The van der Waals surface area contributed by atoms with Crippen molar-refractivity contribution >= 4 is 34.8 Å². The Morgan fingerprint density at radius 3 is 2.77 bits per heavy atom. The van der Waals surface area contributed by atoms with Crippen molar-refractivity contribution in [2.24, 2.45) is 0 Å². The molecule has 1 fully saturated rings. The molecular weight excluding hydrogens is 402 g/mol. The summed E-state index contributed by atoms with van der Waals surface area (Å²) >= 11 is 6.16. The number of methoxy groups -OCH3 is 1. The van der Waals surface area contributed by atoms with Gasteiger partial charge in [-0.15, -0.1) is 0 Å². The number of ether oxygens (including phenoxy) is 1. The third-order valence-electron chi connectivity index (χ3n) is 5.89. The summed E-state index contributed by atoms with van der Waals surface area (Å²) in [6.07, 6.45) is 4.32. The van der Waals surface area contributed by atoms with Crippen LogP contribution in [0.25, 0.3) is 0 Å². The van der Waals surface area contributed by atoms with E-state index in [0.717, 1.165) is 44.5 Å². The summed E-state index contributed by atoms with van der Waals surface area (Å²) in [6, 6.07) is 10.4. The van der Waals surface area contributed by atoms with E-state index in [2.05, 4.69) is 17.1 Å². The zero-order chi connectivity index (χ0) is 21.3. The molecule has 2 aliphatic heterocycles. The van der Waals surface area contributed by atoms with E-state index in [-0.39, 0.29) is 18.0 Å². The van der Waals surface area contributed by atoms with E-state index in [1.54, 1.807) is 37.4 Å². The van der Waals surface area contributed by atoms with Crippen LogP contribution >= 0.6 is 11.6 Å². The summed E-state index contributed by atoms with van der Waals surface area (Å²) in [4.78, 5) is 30.2. The molecule has 0 aromatic heterocycles. The Balaban J connectivity index is 1.63. The van der Waals surface area contributed by atoms with E-state index in [1.165, 1.54) is 0 Å². The van der Waals surface area contributed by atoms with Gasteiger partial charge in [-0.3, -0.25) is 9.59 Å². The van der Waals surface area contributed by atoms with Gasteiger partial charge in [-0.05, 0) is 62.6 Å². The maximum atomic E-state index is 13.1. The van der Waals surface area contributed by atoms with Crippen LogP contribution in [0, 0.1) is 0 Å². The molecule has 0 spiro atoms. The Kier molecular flexibility index (Phi) is 5.86. The first-order chi connectivity index (χ1) is 14.5. The molecular formula is C23H26ClN3O3. The molecule has 7 heteroatoms. The molecule has 2 aliphatic rings. The summed E-state index contributed by atoms with van der Waals surface area (Å²) in [5.41, 5.74) is 2.60. The molecule has 1 unspecified atom stereocenters. The molecule has 2 heterocycles. The van der Waals surface area contributed by atoms with E-state index in [4.69, 9.17) is 16.3 Å². The van der Waals surface area contributed by atoms with Gasteiger partial charge in [0.05, 0.1) is 23.4 Å². The molecule has 0 saturated carbocycles. The fourth-order valence-electron chi connectivity index (χ4n) is 4.39. The Morgan fingerprint density at radius 1 is 1.20 bits per heavy atom. The van der Waals surface area contributed by atoms with Gasteiger partial charge in [0, 0.05) is 24.3 Å². The number of carbonyl (C=O) groups excluding carboxylic acids is 2. The van der Waals surface area contributed by atoms with Gasteiger partial charge in [-0.25, -0.2) is 0 Å². The minimum absolute atomic E-state index is 0.0653. The van der Waals surface area contributed by atoms with Crippen molar-refractivity contribution in [3.05, 3.63) is 52.5 Å². The maximum Gasteiger partial charge on any atom is 0.257 e. The molecule has 158 valence electrons. The normalized spacial score (nSPS) is 18.4. The molecule has 0 aliphatic carbocycles. The average Bonchev–Trinajstić information content (AvgIpc) is 3.00. The van der Waals surface area contributed by atoms with Crippen LogP contribution in [0.4, 0.5) is 11.4 Å². The molecule has 2 amide bonds. The van der Waals surface area contributed by atoms with Gasteiger partial charge in [-0.2, -0.15) is 0 Å². The number of nitrogens with one attached hydrogen (secondary N) is 1. The van der Waals surface area contributed by atoms with E-state index in [9.17, 15) is 9.59 Å². The molecule has 1 N–H and O–H groups in total. The number of fused-ring (bicyclic) bond motifs is 2. The number of hydrogen-bond donors (Lipinski definition) is 1. The molecule has 0 radical (unpaired) electrons. The third kappa shape index (κ3) is 3.72. The summed E-state index contributed by atoms with van der Waals surface area (Å²) in [7, 11) is 1.54. The zero-order valence-electron chi connectivity index (χ0n) is 17.3. The molecule has 0 bridgehead atoms. The predicted octanol–water partition coefficient (Wildman–Crippen LogP) is 4.78. The number of carbonyl (C=O) groups is 2. The van der Waals surface area contributed by atoms with Crippen LogP contribution in [0.1, 0.15) is 53.3 Å². The van der Waals surface area contributed by atoms with Crippen LogP contribution in [0.3, 0.4) is 0 Å². The monoisotopic (exact) mass is 427 g/mol. The van der Waals surface area contributed by atoms with Gasteiger partial charge in [0.2, 0.25) is 0 Å². The predicted molar refractivity (Wildman–Crippen MR) is 119 cm³/mol. The van der Waals surface area contributed by atoms with E-state index < -0.39 is 0 Å². The highest BCUT2D eigenvalue weighted by molar-refractivity contribution is 6.32. The summed E-state index contributed by atoms with van der Waals surface area (Å²) in [5.74, 6) is 0.370. The van der Waals surface area contributed by atoms with Gasteiger partial charge in [0.1, 0.15) is 11.9 Å². The van der Waals surface area contributed by atoms with E-state index >= 15 is 0 Å². The van der Waals surface area contributed by atoms with Crippen molar-refractivity contribution in [1.29, 1.82) is 0 Å². The van der Waals surface area contributed by atoms with Crippen LogP contribution in [-0.4, -0.2) is 43.1 Å². The number of amides is 2. The van der Waals surface area contributed by atoms with Crippen LogP contribution in [-0.2, 0) is 0 Å². The van der Waals surface area contributed by atoms with Gasteiger partial charge < -0.3 is 19.9 Å². The van der Waals surface area contributed by atoms with E-state index in [0.29, 0.717) is 27.6 Å². The fraction of sp³-hybridized carbons (Fsp3) is 0.391. The fourth-order valence-corrected chi connectivity index (χ4v) is 4.64. The first-order valence-corrected chi connectivity index (χ1v) is 10.8. The second-order valence-corrected chi connectivity index (χ2v) is 8.06. The lowest BCUT2D eigenvalue weighted by atomic mass is 10.0. The topological polar surface area (TPSA) is 61.9 Å². The second kappa shape index (κ2) is 8.56. The molecule has 30 heavy (non-hydrogen) atoms. The minimum Gasteiger partial charge on any atom is -0.495 e. The van der Waals surface area contributed by atoms with E-state index in [1.807, 2.05) is 11.0 Å². The lowest BCUT2D eigenvalue weighted by Gasteiger charge is -2.44.